The van der Waals surface area contributed by atoms with Crippen molar-refractivity contribution in [2.45, 2.75) is 19.4 Å². The minimum absolute atomic E-state index is 0.0632. The molecule has 0 saturated carbocycles. The molecular weight excluding hydrogens is 232 g/mol. The topological polar surface area (TPSA) is 54.7 Å². The SMILES string of the molecule is CCc1ccc(C(=O)N(C)CC2CNCCO2)o1. The first-order valence-electron chi connectivity index (χ1n) is 6.37. The molecule has 0 bridgehead atoms. The third-order valence-corrected chi connectivity index (χ3v) is 3.05. The highest BCUT2D eigenvalue weighted by molar-refractivity contribution is 5.91. The lowest BCUT2D eigenvalue weighted by molar-refractivity contribution is 0.00969. The number of furan rings is 1. The summed E-state index contributed by atoms with van der Waals surface area (Å²) in [4.78, 5) is 13.8. The van der Waals surface area contributed by atoms with Gasteiger partial charge in [-0.05, 0) is 12.1 Å². The Morgan fingerprint density at radius 2 is 2.39 bits per heavy atom. The van der Waals surface area contributed by atoms with Gasteiger partial charge >= 0.3 is 0 Å². The largest absolute Gasteiger partial charge is 0.456 e. The molecule has 1 aromatic heterocycles. The second kappa shape index (κ2) is 6.02. The van der Waals surface area contributed by atoms with Crippen LogP contribution >= 0.6 is 0 Å². The molecule has 0 radical (unpaired) electrons. The van der Waals surface area contributed by atoms with Gasteiger partial charge in [-0.3, -0.25) is 4.79 Å². The second-order valence-electron chi connectivity index (χ2n) is 4.50. The van der Waals surface area contributed by atoms with E-state index in [2.05, 4.69) is 5.32 Å². The van der Waals surface area contributed by atoms with Crippen molar-refractivity contribution in [1.82, 2.24) is 10.2 Å². The molecule has 100 valence electrons. The van der Waals surface area contributed by atoms with Crippen LogP contribution in [0.25, 0.3) is 0 Å². The van der Waals surface area contributed by atoms with Crippen LogP contribution in [0.3, 0.4) is 0 Å². The molecule has 0 aromatic carbocycles. The summed E-state index contributed by atoms with van der Waals surface area (Å²) in [6.45, 7) is 4.95. The number of nitrogens with one attached hydrogen (secondary N) is 1. The first kappa shape index (κ1) is 13.1. The number of ether oxygens (including phenoxy) is 1. The number of aryl methyl sites for hydroxylation is 1. The fourth-order valence-electron chi connectivity index (χ4n) is 2.00. The van der Waals surface area contributed by atoms with Crippen LogP contribution in [0.4, 0.5) is 0 Å². The number of carbonyl (C=O) groups is 1. The molecular formula is C13H20N2O3. The summed E-state index contributed by atoms with van der Waals surface area (Å²) in [6, 6.07) is 3.58. The van der Waals surface area contributed by atoms with Crippen LogP contribution < -0.4 is 5.32 Å². The van der Waals surface area contributed by atoms with Crippen LogP contribution in [0.5, 0.6) is 0 Å². The van der Waals surface area contributed by atoms with E-state index >= 15 is 0 Å². The van der Waals surface area contributed by atoms with Gasteiger partial charge in [-0.15, -0.1) is 0 Å². The quantitative estimate of drug-likeness (QED) is 0.865. The standard InChI is InChI=1S/C13H20N2O3/c1-3-10-4-5-12(18-10)13(16)15(2)9-11-8-14-6-7-17-11/h4-5,11,14H,3,6-9H2,1-2H3. The summed E-state index contributed by atoms with van der Waals surface area (Å²) < 4.78 is 11.0. The Morgan fingerprint density at radius 3 is 3.00 bits per heavy atom. The average molecular weight is 252 g/mol. The van der Waals surface area contributed by atoms with Gasteiger partial charge in [-0.1, -0.05) is 6.92 Å². The van der Waals surface area contributed by atoms with Crippen LogP contribution in [0, 0.1) is 0 Å². The summed E-state index contributed by atoms with van der Waals surface area (Å²) in [7, 11) is 1.77. The van der Waals surface area contributed by atoms with Gasteiger partial charge in [-0.2, -0.15) is 0 Å². The molecule has 5 nitrogen and oxygen atoms in total. The van der Waals surface area contributed by atoms with Gasteiger partial charge in [0.15, 0.2) is 5.76 Å². The van der Waals surface area contributed by atoms with Crippen LogP contribution in [0.15, 0.2) is 16.5 Å². The molecule has 5 heteroatoms. The van der Waals surface area contributed by atoms with Gasteiger partial charge in [0.2, 0.25) is 0 Å². The Bertz CT molecular complexity index is 397. The minimum atomic E-state index is -0.0936. The summed E-state index contributed by atoms with van der Waals surface area (Å²) in [5.41, 5.74) is 0. The number of hydrogen-bond acceptors (Lipinski definition) is 4. The highest BCUT2D eigenvalue weighted by atomic mass is 16.5. The van der Waals surface area contributed by atoms with E-state index < -0.39 is 0 Å². The molecule has 1 N–H and O–H groups in total. The number of carbonyl (C=O) groups excluding carboxylic acids is 1. The van der Waals surface area contributed by atoms with Crippen molar-refractivity contribution in [2.24, 2.45) is 0 Å². The Hall–Kier alpha value is -1.33. The molecule has 1 aliphatic heterocycles. The van der Waals surface area contributed by atoms with Crippen molar-refractivity contribution >= 4 is 5.91 Å². The van der Waals surface area contributed by atoms with Crippen molar-refractivity contribution in [1.29, 1.82) is 0 Å². The third kappa shape index (κ3) is 3.11. The summed E-state index contributed by atoms with van der Waals surface area (Å²) in [5.74, 6) is 1.14. The molecule has 1 fully saturated rings. The Balaban J connectivity index is 1.91. The van der Waals surface area contributed by atoms with Crippen molar-refractivity contribution < 1.29 is 13.9 Å². The first-order chi connectivity index (χ1) is 8.70. The number of rotatable bonds is 4. The molecule has 2 rings (SSSR count). The lowest BCUT2D eigenvalue weighted by Crippen LogP contribution is -2.45. The number of morpholine rings is 1. The van der Waals surface area contributed by atoms with Gasteiger partial charge < -0.3 is 19.4 Å². The van der Waals surface area contributed by atoms with Crippen LogP contribution in [0.1, 0.15) is 23.2 Å². The maximum atomic E-state index is 12.1. The summed E-state index contributed by atoms with van der Waals surface area (Å²) in [6.07, 6.45) is 0.862. The molecule has 1 aliphatic rings. The molecule has 1 aromatic rings. The van der Waals surface area contributed by atoms with Crippen LogP contribution in [-0.4, -0.2) is 50.2 Å². The molecule has 0 aliphatic carbocycles. The molecule has 1 amide bonds. The zero-order valence-electron chi connectivity index (χ0n) is 10.9. The third-order valence-electron chi connectivity index (χ3n) is 3.05. The maximum Gasteiger partial charge on any atom is 0.289 e. The van der Waals surface area contributed by atoms with E-state index in [1.165, 1.54) is 0 Å². The van der Waals surface area contributed by atoms with E-state index in [0.717, 1.165) is 25.3 Å². The van der Waals surface area contributed by atoms with Gasteiger partial charge in [0.25, 0.3) is 5.91 Å². The normalized spacial score (nSPS) is 19.8. The Morgan fingerprint density at radius 1 is 1.56 bits per heavy atom. The van der Waals surface area contributed by atoms with E-state index in [0.29, 0.717) is 18.9 Å². The molecule has 2 heterocycles. The smallest absolute Gasteiger partial charge is 0.289 e. The van der Waals surface area contributed by atoms with Crippen LogP contribution in [0.2, 0.25) is 0 Å². The lowest BCUT2D eigenvalue weighted by Gasteiger charge is -2.27. The fourth-order valence-corrected chi connectivity index (χ4v) is 2.00. The summed E-state index contributed by atoms with van der Waals surface area (Å²) in [5, 5.41) is 3.25. The predicted octanol–water partition coefficient (Wildman–Crippen LogP) is 0.902. The summed E-state index contributed by atoms with van der Waals surface area (Å²) >= 11 is 0. The minimum Gasteiger partial charge on any atom is -0.456 e. The van der Waals surface area contributed by atoms with Crippen molar-refractivity contribution in [3.63, 3.8) is 0 Å². The number of likely N-dealkylation sites (N-methyl/N-ethyl adjacent to an activating group) is 1. The van der Waals surface area contributed by atoms with Gasteiger partial charge in [0.1, 0.15) is 5.76 Å². The molecule has 18 heavy (non-hydrogen) atoms. The second-order valence-corrected chi connectivity index (χ2v) is 4.50. The van der Waals surface area contributed by atoms with Gasteiger partial charge in [-0.25, -0.2) is 0 Å². The zero-order chi connectivity index (χ0) is 13.0. The number of hydrogen-bond donors (Lipinski definition) is 1. The Kier molecular flexibility index (Phi) is 4.38. The average Bonchev–Trinajstić information content (AvgIpc) is 2.87. The van der Waals surface area contributed by atoms with Crippen molar-refractivity contribution in [3.8, 4) is 0 Å². The molecule has 1 unspecified atom stereocenters. The van der Waals surface area contributed by atoms with E-state index in [4.69, 9.17) is 9.15 Å². The lowest BCUT2D eigenvalue weighted by atomic mass is 10.2. The van der Waals surface area contributed by atoms with E-state index in [-0.39, 0.29) is 12.0 Å². The van der Waals surface area contributed by atoms with Crippen molar-refractivity contribution in [2.75, 3.05) is 33.3 Å². The van der Waals surface area contributed by atoms with E-state index in [1.807, 2.05) is 13.0 Å². The van der Waals surface area contributed by atoms with Crippen molar-refractivity contribution in [3.05, 3.63) is 23.7 Å². The molecule has 1 atom stereocenters. The predicted molar refractivity (Wildman–Crippen MR) is 67.7 cm³/mol. The Labute approximate surface area is 107 Å². The van der Waals surface area contributed by atoms with Gasteiger partial charge in [0.05, 0.1) is 12.7 Å². The van der Waals surface area contributed by atoms with E-state index in [1.54, 1.807) is 18.0 Å². The van der Waals surface area contributed by atoms with E-state index in [9.17, 15) is 4.79 Å². The van der Waals surface area contributed by atoms with Gasteiger partial charge in [0, 0.05) is 33.1 Å². The zero-order valence-corrected chi connectivity index (χ0v) is 10.9. The highest BCUT2D eigenvalue weighted by Gasteiger charge is 2.21. The maximum absolute atomic E-state index is 12.1. The molecule has 1 saturated heterocycles. The first-order valence-corrected chi connectivity index (χ1v) is 6.37. The monoisotopic (exact) mass is 252 g/mol. The number of nitrogens with zero attached hydrogens (tertiary/aromatic N) is 1. The number of amides is 1. The molecule has 0 spiro atoms. The fraction of sp³-hybridized carbons (Fsp3) is 0.615. The van der Waals surface area contributed by atoms with Crippen LogP contribution in [-0.2, 0) is 11.2 Å². The highest BCUT2D eigenvalue weighted by Crippen LogP contribution is 2.11.